The maximum absolute atomic E-state index is 12.2. The van der Waals surface area contributed by atoms with E-state index in [0.29, 0.717) is 18.3 Å². The molecule has 1 aliphatic rings. The van der Waals surface area contributed by atoms with Gasteiger partial charge in [0.1, 0.15) is 0 Å². The maximum atomic E-state index is 12.2. The number of anilines is 2. The van der Waals surface area contributed by atoms with E-state index in [4.69, 9.17) is 5.73 Å². The molecule has 1 aromatic heterocycles. The Morgan fingerprint density at radius 3 is 2.45 bits per heavy atom. The fourth-order valence-electron chi connectivity index (χ4n) is 2.40. The average Bonchev–Trinajstić information content (AvgIpc) is 2.99. The zero-order valence-electron chi connectivity index (χ0n) is 13.8. The molecule has 1 fully saturated rings. The van der Waals surface area contributed by atoms with Gasteiger partial charge in [-0.05, 0) is 26.8 Å². The lowest BCUT2D eigenvalue weighted by Gasteiger charge is -2.26. The molecule has 8 heteroatoms. The normalized spacial score (nSPS) is 16.1. The minimum atomic E-state index is -0.115. The van der Waals surface area contributed by atoms with Crippen molar-refractivity contribution in [2.75, 3.05) is 51.4 Å². The van der Waals surface area contributed by atoms with Crippen molar-refractivity contribution in [2.24, 2.45) is 0 Å². The van der Waals surface area contributed by atoms with E-state index in [9.17, 15) is 4.79 Å². The molecular formula is C14H25N7O. The zero-order chi connectivity index (χ0) is 16.3. The third kappa shape index (κ3) is 3.82. The van der Waals surface area contributed by atoms with E-state index in [1.54, 1.807) is 4.90 Å². The Hall–Kier alpha value is -1.96. The van der Waals surface area contributed by atoms with E-state index >= 15 is 0 Å². The molecule has 22 heavy (non-hydrogen) atoms. The highest BCUT2D eigenvalue weighted by atomic mass is 16.2. The molecule has 0 spiro atoms. The summed E-state index contributed by atoms with van der Waals surface area (Å²) in [6.07, 6.45) is 2.20. The van der Waals surface area contributed by atoms with Crippen LogP contribution in [0.25, 0.3) is 0 Å². The molecule has 1 amide bonds. The first-order chi connectivity index (χ1) is 10.4. The van der Waals surface area contributed by atoms with Crippen molar-refractivity contribution in [3.63, 3.8) is 0 Å². The summed E-state index contributed by atoms with van der Waals surface area (Å²) < 4.78 is 0. The summed E-state index contributed by atoms with van der Waals surface area (Å²) in [4.78, 5) is 30.6. The number of amides is 1. The van der Waals surface area contributed by atoms with Crippen LogP contribution >= 0.6 is 0 Å². The largest absolute Gasteiger partial charge is 0.368 e. The van der Waals surface area contributed by atoms with Crippen LogP contribution in [-0.4, -0.2) is 71.4 Å². The summed E-state index contributed by atoms with van der Waals surface area (Å²) in [6, 6.07) is -0.115. The standard InChI is InChI=1S/C14H25N7O/c1-10(12-16-13(15)18-14(17-12)19(2)3)20(4)9-11(22)21-7-5-6-8-21/h10H,5-9H2,1-4H3,(H2,15,16,17,18). The molecule has 0 aliphatic carbocycles. The number of hydrogen-bond donors (Lipinski definition) is 1. The summed E-state index contributed by atoms with van der Waals surface area (Å²) in [6.45, 7) is 4.05. The van der Waals surface area contributed by atoms with Crippen molar-refractivity contribution >= 4 is 17.8 Å². The van der Waals surface area contributed by atoms with Gasteiger partial charge in [0.15, 0.2) is 5.82 Å². The van der Waals surface area contributed by atoms with Gasteiger partial charge in [0.2, 0.25) is 17.8 Å². The van der Waals surface area contributed by atoms with Crippen LogP contribution in [-0.2, 0) is 4.79 Å². The molecule has 122 valence electrons. The molecule has 0 aromatic carbocycles. The lowest BCUT2D eigenvalue weighted by molar-refractivity contribution is -0.131. The molecule has 1 atom stereocenters. The molecule has 8 nitrogen and oxygen atoms in total. The Balaban J connectivity index is 2.06. The van der Waals surface area contributed by atoms with Crippen molar-refractivity contribution in [3.8, 4) is 0 Å². The number of rotatable bonds is 5. The van der Waals surface area contributed by atoms with Crippen LogP contribution < -0.4 is 10.6 Å². The number of nitrogens with two attached hydrogens (primary N) is 1. The predicted molar refractivity (Wildman–Crippen MR) is 85.4 cm³/mol. The van der Waals surface area contributed by atoms with Crippen molar-refractivity contribution in [3.05, 3.63) is 5.82 Å². The Kier molecular flexibility index (Phi) is 5.12. The maximum Gasteiger partial charge on any atom is 0.236 e. The second kappa shape index (κ2) is 6.87. The second-order valence-corrected chi connectivity index (χ2v) is 5.93. The minimum absolute atomic E-state index is 0.115. The van der Waals surface area contributed by atoms with Crippen molar-refractivity contribution in [1.29, 1.82) is 0 Å². The fourth-order valence-corrected chi connectivity index (χ4v) is 2.40. The monoisotopic (exact) mass is 307 g/mol. The number of likely N-dealkylation sites (tertiary alicyclic amines) is 1. The average molecular weight is 307 g/mol. The zero-order valence-corrected chi connectivity index (χ0v) is 13.8. The number of carbonyl (C=O) groups excluding carboxylic acids is 1. The molecule has 1 aromatic rings. The molecule has 2 rings (SSSR count). The fraction of sp³-hybridized carbons (Fsp3) is 0.714. The summed E-state index contributed by atoms with van der Waals surface area (Å²) in [7, 11) is 5.60. The van der Waals surface area contributed by atoms with Gasteiger partial charge in [-0.1, -0.05) is 0 Å². The molecule has 1 saturated heterocycles. The topological polar surface area (TPSA) is 91.5 Å². The van der Waals surface area contributed by atoms with Gasteiger partial charge >= 0.3 is 0 Å². The van der Waals surface area contributed by atoms with E-state index in [0.717, 1.165) is 25.9 Å². The first-order valence-corrected chi connectivity index (χ1v) is 7.55. The highest BCUT2D eigenvalue weighted by Gasteiger charge is 2.23. The SMILES string of the molecule is CC(c1nc(N)nc(N(C)C)n1)N(C)CC(=O)N1CCCC1. The number of carbonyl (C=O) groups is 1. The quantitative estimate of drug-likeness (QED) is 0.827. The van der Waals surface area contributed by atoms with Gasteiger partial charge < -0.3 is 15.5 Å². The Morgan fingerprint density at radius 2 is 1.86 bits per heavy atom. The van der Waals surface area contributed by atoms with Gasteiger partial charge in [-0.2, -0.15) is 15.0 Å². The molecule has 0 bridgehead atoms. The first-order valence-electron chi connectivity index (χ1n) is 7.55. The Labute approximate surface area is 131 Å². The van der Waals surface area contributed by atoms with Crippen LogP contribution in [0.5, 0.6) is 0 Å². The summed E-state index contributed by atoms with van der Waals surface area (Å²) in [5, 5.41) is 0. The van der Waals surface area contributed by atoms with E-state index in [2.05, 4.69) is 15.0 Å². The second-order valence-electron chi connectivity index (χ2n) is 5.93. The number of nitrogen functional groups attached to an aromatic ring is 1. The first kappa shape index (κ1) is 16.4. The van der Waals surface area contributed by atoms with Gasteiger partial charge in [-0.3, -0.25) is 9.69 Å². The van der Waals surface area contributed by atoms with Crippen molar-refractivity contribution in [2.45, 2.75) is 25.8 Å². The van der Waals surface area contributed by atoms with E-state index < -0.39 is 0 Å². The Bertz CT molecular complexity index is 528. The van der Waals surface area contributed by atoms with E-state index in [-0.39, 0.29) is 17.9 Å². The van der Waals surface area contributed by atoms with Crippen LogP contribution in [0, 0.1) is 0 Å². The lowest BCUT2D eigenvalue weighted by atomic mass is 10.2. The number of aromatic nitrogens is 3. The van der Waals surface area contributed by atoms with E-state index in [1.165, 1.54) is 0 Å². The van der Waals surface area contributed by atoms with Crippen LogP contribution in [0.4, 0.5) is 11.9 Å². The summed E-state index contributed by atoms with van der Waals surface area (Å²) in [5.74, 6) is 1.45. The van der Waals surface area contributed by atoms with Crippen LogP contribution in [0.3, 0.4) is 0 Å². The molecule has 1 unspecified atom stereocenters. The highest BCUT2D eigenvalue weighted by molar-refractivity contribution is 5.78. The number of nitrogens with zero attached hydrogens (tertiary/aromatic N) is 6. The number of hydrogen-bond acceptors (Lipinski definition) is 7. The molecule has 2 N–H and O–H groups in total. The minimum Gasteiger partial charge on any atom is -0.368 e. The number of likely N-dealkylation sites (N-methyl/N-ethyl adjacent to an activating group) is 1. The third-order valence-electron chi connectivity index (χ3n) is 3.94. The van der Waals surface area contributed by atoms with Gasteiger partial charge in [-0.25, -0.2) is 0 Å². The van der Waals surface area contributed by atoms with Gasteiger partial charge in [0.25, 0.3) is 0 Å². The third-order valence-corrected chi connectivity index (χ3v) is 3.94. The summed E-state index contributed by atoms with van der Waals surface area (Å²) in [5.41, 5.74) is 5.75. The molecule has 0 saturated carbocycles. The highest BCUT2D eigenvalue weighted by Crippen LogP contribution is 2.18. The summed E-state index contributed by atoms with van der Waals surface area (Å²) >= 11 is 0. The van der Waals surface area contributed by atoms with Gasteiger partial charge in [0, 0.05) is 27.2 Å². The van der Waals surface area contributed by atoms with Gasteiger partial charge in [-0.15, -0.1) is 0 Å². The van der Waals surface area contributed by atoms with Crippen LogP contribution in [0.2, 0.25) is 0 Å². The molecule has 0 radical (unpaired) electrons. The smallest absolute Gasteiger partial charge is 0.236 e. The molecule has 2 heterocycles. The lowest BCUT2D eigenvalue weighted by Crippen LogP contribution is -2.38. The van der Waals surface area contributed by atoms with Crippen molar-refractivity contribution in [1.82, 2.24) is 24.8 Å². The molecule has 1 aliphatic heterocycles. The van der Waals surface area contributed by atoms with Crippen molar-refractivity contribution < 1.29 is 4.79 Å². The molecular weight excluding hydrogens is 282 g/mol. The predicted octanol–water partition coefficient (Wildman–Crippen LogP) is 0.135. The Morgan fingerprint density at radius 1 is 1.23 bits per heavy atom. The van der Waals surface area contributed by atoms with Crippen LogP contribution in [0.1, 0.15) is 31.6 Å². The van der Waals surface area contributed by atoms with E-state index in [1.807, 2.05) is 37.9 Å². The van der Waals surface area contributed by atoms with Crippen LogP contribution in [0.15, 0.2) is 0 Å². The van der Waals surface area contributed by atoms with Gasteiger partial charge in [0.05, 0.1) is 12.6 Å².